The number of rotatable bonds is 20. The topological polar surface area (TPSA) is 117 Å². The molecule has 0 amide bonds. The van der Waals surface area contributed by atoms with E-state index in [-0.39, 0.29) is 24.7 Å². The minimum Gasteiger partial charge on any atom is -0.416 e. The van der Waals surface area contributed by atoms with Crippen LogP contribution in [0, 0.1) is 0 Å². The van der Waals surface area contributed by atoms with Gasteiger partial charge in [0, 0.05) is 28.4 Å². The van der Waals surface area contributed by atoms with Crippen LogP contribution in [0.15, 0.2) is 0 Å². The molecule has 0 N–H and O–H groups in total. The SMILES string of the molecule is CO[Si](COCC1CO1)(OC)O[Si](C)(C)O[Si](C)(C)O[Si](C)(C)O[Si](COCC1CO1)(OC)OC. The first kappa shape index (κ1) is 31.8. The van der Waals surface area contributed by atoms with E-state index in [0.717, 1.165) is 13.2 Å². The standard InChI is InChI=1S/C18H44O12Si5/c1-19-34(20-2,15-23-11-17-13-25-17)29-32(7,8)27-31(5,6)28-33(9,10)30-35(21-3,22-4)16-24-12-18-14-26-18/h17-18H,11-16H2,1-10H3. The molecule has 0 aromatic rings. The first-order valence-corrected chi connectivity index (χ1v) is 23.9. The lowest BCUT2D eigenvalue weighted by atomic mass is 10.5. The van der Waals surface area contributed by atoms with E-state index >= 15 is 0 Å². The van der Waals surface area contributed by atoms with Gasteiger partial charge in [0.2, 0.25) is 0 Å². The molecule has 0 radical (unpaired) electrons. The fourth-order valence-corrected chi connectivity index (χ4v) is 24.0. The summed E-state index contributed by atoms with van der Waals surface area (Å²) in [5.74, 6) is 0. The molecule has 35 heavy (non-hydrogen) atoms. The van der Waals surface area contributed by atoms with Gasteiger partial charge in [0.05, 0.1) is 26.4 Å². The molecule has 0 aromatic carbocycles. The molecule has 208 valence electrons. The van der Waals surface area contributed by atoms with Crippen LogP contribution in [0.4, 0.5) is 0 Å². The molecule has 2 atom stereocenters. The molecular weight excluding hydrogens is 549 g/mol. The minimum atomic E-state index is -3.10. The second-order valence-corrected chi connectivity index (χ2v) is 26.3. The van der Waals surface area contributed by atoms with Gasteiger partial charge < -0.3 is 53.1 Å². The first-order chi connectivity index (χ1) is 16.2. The zero-order chi connectivity index (χ0) is 26.4. The van der Waals surface area contributed by atoms with E-state index in [0.29, 0.717) is 13.2 Å². The molecule has 0 aliphatic carbocycles. The highest BCUT2D eigenvalue weighted by atomic mass is 28.5. The predicted octanol–water partition coefficient (Wildman–Crippen LogP) is 1.53. The van der Waals surface area contributed by atoms with Crippen molar-refractivity contribution in [3.05, 3.63) is 0 Å². The molecule has 2 heterocycles. The van der Waals surface area contributed by atoms with Gasteiger partial charge in [-0.05, 0) is 39.3 Å². The smallest absolute Gasteiger partial charge is 0.416 e. The van der Waals surface area contributed by atoms with Crippen LogP contribution < -0.4 is 0 Å². The van der Waals surface area contributed by atoms with E-state index in [9.17, 15) is 0 Å². The van der Waals surface area contributed by atoms with E-state index < -0.39 is 43.3 Å². The van der Waals surface area contributed by atoms with Crippen molar-refractivity contribution in [3.63, 3.8) is 0 Å². The fraction of sp³-hybridized carbons (Fsp3) is 1.00. The summed E-state index contributed by atoms with van der Waals surface area (Å²) in [6.07, 6.45) is 0.721. The third-order valence-electron chi connectivity index (χ3n) is 5.00. The molecule has 0 aromatic heterocycles. The Labute approximate surface area is 215 Å². The summed E-state index contributed by atoms with van der Waals surface area (Å²) in [7, 11) is -8.19. The third-order valence-corrected chi connectivity index (χ3v) is 22.9. The summed E-state index contributed by atoms with van der Waals surface area (Å²) in [4.78, 5) is 0. The number of ether oxygens (including phenoxy) is 4. The van der Waals surface area contributed by atoms with Crippen molar-refractivity contribution >= 4 is 43.3 Å². The second-order valence-electron chi connectivity index (χ2n) is 9.73. The number of hydrogen-bond donors (Lipinski definition) is 0. The molecule has 0 saturated carbocycles. The molecule has 12 nitrogen and oxygen atoms in total. The van der Waals surface area contributed by atoms with Gasteiger partial charge in [0.15, 0.2) is 0 Å². The second kappa shape index (κ2) is 13.1. The van der Waals surface area contributed by atoms with Crippen LogP contribution in [0.3, 0.4) is 0 Å². The van der Waals surface area contributed by atoms with Gasteiger partial charge in [-0.1, -0.05) is 0 Å². The van der Waals surface area contributed by atoms with Crippen molar-refractivity contribution in [3.8, 4) is 0 Å². The zero-order valence-electron chi connectivity index (χ0n) is 22.8. The lowest BCUT2D eigenvalue weighted by Crippen LogP contribution is -2.63. The van der Waals surface area contributed by atoms with Crippen LogP contribution >= 0.6 is 0 Å². The molecule has 2 unspecified atom stereocenters. The van der Waals surface area contributed by atoms with E-state index in [2.05, 4.69) is 0 Å². The summed E-state index contributed by atoms with van der Waals surface area (Å²) in [5.41, 5.74) is 0. The van der Waals surface area contributed by atoms with Gasteiger partial charge >= 0.3 is 43.3 Å². The highest BCUT2D eigenvalue weighted by Gasteiger charge is 2.52. The Balaban J connectivity index is 1.97. The lowest BCUT2D eigenvalue weighted by Gasteiger charge is -2.42. The molecule has 0 spiro atoms. The van der Waals surface area contributed by atoms with E-state index in [1.54, 1.807) is 28.4 Å². The molecular formula is C18H44O12Si5. The zero-order valence-corrected chi connectivity index (χ0v) is 27.8. The van der Waals surface area contributed by atoms with Crippen molar-refractivity contribution in [2.45, 2.75) is 51.5 Å². The Kier molecular flexibility index (Phi) is 11.9. The largest absolute Gasteiger partial charge is 0.518 e. The molecule has 2 saturated heterocycles. The summed E-state index contributed by atoms with van der Waals surface area (Å²) in [6, 6.07) is 0. The summed E-state index contributed by atoms with van der Waals surface area (Å²) in [6.45, 7) is 14.1. The average Bonchev–Trinajstić information content (AvgIpc) is 3.66. The Morgan fingerprint density at radius 1 is 0.543 bits per heavy atom. The first-order valence-electron chi connectivity index (χ1n) is 11.6. The average molecular weight is 593 g/mol. The van der Waals surface area contributed by atoms with Crippen LogP contribution in [0.2, 0.25) is 39.3 Å². The summed E-state index contributed by atoms with van der Waals surface area (Å²) < 4.78 is 70.5. The minimum absolute atomic E-state index is 0.145. The Morgan fingerprint density at radius 2 is 0.829 bits per heavy atom. The maximum absolute atomic E-state index is 6.53. The van der Waals surface area contributed by atoms with Crippen molar-refractivity contribution in [1.82, 2.24) is 0 Å². The molecule has 17 heteroatoms. The van der Waals surface area contributed by atoms with Gasteiger partial charge in [-0.25, -0.2) is 0 Å². The van der Waals surface area contributed by atoms with E-state index in [4.69, 9.17) is 53.1 Å². The van der Waals surface area contributed by atoms with Gasteiger partial charge in [0.1, 0.15) is 24.7 Å². The van der Waals surface area contributed by atoms with E-state index in [1.807, 2.05) is 39.3 Å². The van der Waals surface area contributed by atoms with Crippen LogP contribution in [-0.2, 0) is 53.1 Å². The Morgan fingerprint density at radius 3 is 1.09 bits per heavy atom. The van der Waals surface area contributed by atoms with Gasteiger partial charge in [0.25, 0.3) is 0 Å². The van der Waals surface area contributed by atoms with E-state index in [1.165, 1.54) is 0 Å². The monoisotopic (exact) mass is 592 g/mol. The summed E-state index contributed by atoms with van der Waals surface area (Å²) >= 11 is 0. The Bertz CT molecular complexity index is 587. The number of epoxide rings is 2. The highest BCUT2D eigenvalue weighted by molar-refractivity contribution is 6.88. The highest BCUT2D eigenvalue weighted by Crippen LogP contribution is 2.27. The molecule has 0 bridgehead atoms. The van der Waals surface area contributed by atoms with Gasteiger partial charge in [-0.15, -0.1) is 0 Å². The van der Waals surface area contributed by atoms with Crippen molar-refractivity contribution < 1.29 is 53.1 Å². The predicted molar refractivity (Wildman–Crippen MR) is 137 cm³/mol. The fourth-order valence-electron chi connectivity index (χ4n) is 3.58. The van der Waals surface area contributed by atoms with Gasteiger partial charge in [-0.2, -0.15) is 0 Å². The Hall–Kier alpha value is 0.604. The quantitative estimate of drug-likeness (QED) is 0.151. The summed E-state index contributed by atoms with van der Waals surface area (Å²) in [5, 5.41) is 0. The normalized spacial score (nSPS) is 21.4. The van der Waals surface area contributed by atoms with Crippen LogP contribution in [0.25, 0.3) is 0 Å². The van der Waals surface area contributed by atoms with Crippen molar-refractivity contribution in [1.29, 1.82) is 0 Å². The maximum atomic E-state index is 6.53. The maximum Gasteiger partial charge on any atom is 0.518 e. The van der Waals surface area contributed by atoms with Crippen molar-refractivity contribution in [2.75, 3.05) is 67.3 Å². The molecule has 2 fully saturated rings. The number of hydrogen-bond acceptors (Lipinski definition) is 12. The molecule has 2 rings (SSSR count). The van der Waals surface area contributed by atoms with Crippen molar-refractivity contribution in [2.24, 2.45) is 0 Å². The molecule has 2 aliphatic rings. The van der Waals surface area contributed by atoms with Crippen LogP contribution in [0.1, 0.15) is 0 Å². The van der Waals surface area contributed by atoms with Gasteiger partial charge in [-0.3, -0.25) is 0 Å². The van der Waals surface area contributed by atoms with Crippen LogP contribution in [0.5, 0.6) is 0 Å². The third kappa shape index (κ3) is 11.5. The lowest BCUT2D eigenvalue weighted by molar-refractivity contribution is 0.0681. The van der Waals surface area contributed by atoms with Crippen LogP contribution in [-0.4, -0.2) is 123 Å². The molecule has 2 aliphatic heterocycles.